The lowest BCUT2D eigenvalue weighted by molar-refractivity contribution is 0.320. The molecule has 0 aliphatic heterocycles. The molecule has 23 heavy (non-hydrogen) atoms. The Kier molecular flexibility index (Phi) is 3.69. The Morgan fingerprint density at radius 1 is 1.35 bits per heavy atom. The molecule has 0 saturated carbocycles. The van der Waals surface area contributed by atoms with Crippen LogP contribution in [0.5, 0.6) is 5.75 Å². The fourth-order valence-corrected chi connectivity index (χ4v) is 4.07. The number of hydrogen-bond acceptors (Lipinski definition) is 3. The van der Waals surface area contributed by atoms with E-state index in [1.165, 1.54) is 11.1 Å². The van der Waals surface area contributed by atoms with Gasteiger partial charge in [0.2, 0.25) is 0 Å². The number of H-pyrrole nitrogens is 1. The molecule has 0 fully saturated rings. The van der Waals surface area contributed by atoms with Crippen molar-refractivity contribution in [1.82, 2.24) is 4.98 Å². The topological polar surface area (TPSA) is 42.1 Å². The molecule has 0 radical (unpaired) electrons. The monoisotopic (exact) mass is 325 g/mol. The maximum Gasteiger partial charge on any atom is 0.197 e. The van der Waals surface area contributed by atoms with Crippen molar-refractivity contribution in [2.24, 2.45) is 0 Å². The number of pyridine rings is 1. The van der Waals surface area contributed by atoms with E-state index in [1.807, 2.05) is 23.0 Å². The summed E-state index contributed by atoms with van der Waals surface area (Å²) in [5.74, 6) is 0.816. The maximum absolute atomic E-state index is 13.1. The highest BCUT2D eigenvalue weighted by atomic mass is 32.1. The molecule has 4 heteroatoms. The van der Waals surface area contributed by atoms with E-state index in [9.17, 15) is 4.79 Å². The largest absolute Gasteiger partial charge is 0.491 e. The Labute approximate surface area is 138 Å². The molecular formula is C19H19NO2S. The molecule has 3 aromatic rings. The van der Waals surface area contributed by atoms with Gasteiger partial charge in [-0.2, -0.15) is 11.3 Å². The van der Waals surface area contributed by atoms with E-state index < -0.39 is 0 Å². The maximum atomic E-state index is 13.1. The molecule has 4 rings (SSSR count). The van der Waals surface area contributed by atoms with Gasteiger partial charge in [-0.15, -0.1) is 0 Å². The number of aromatic nitrogens is 1. The second-order valence-corrected chi connectivity index (χ2v) is 6.79. The van der Waals surface area contributed by atoms with E-state index in [-0.39, 0.29) is 5.43 Å². The van der Waals surface area contributed by atoms with Gasteiger partial charge < -0.3 is 9.72 Å². The van der Waals surface area contributed by atoms with E-state index in [0.717, 1.165) is 53.5 Å². The molecule has 0 spiro atoms. The molecule has 1 aromatic carbocycles. The smallest absolute Gasteiger partial charge is 0.197 e. The summed E-state index contributed by atoms with van der Waals surface area (Å²) in [6.07, 6.45) is 5.92. The van der Waals surface area contributed by atoms with Gasteiger partial charge in [-0.25, -0.2) is 0 Å². The molecule has 1 N–H and O–H groups in total. The number of fused-ring (bicyclic) bond motifs is 3. The summed E-state index contributed by atoms with van der Waals surface area (Å²) in [7, 11) is 0. The number of ether oxygens (including phenoxy) is 1. The number of aryl methyl sites for hydroxylation is 2. The summed E-state index contributed by atoms with van der Waals surface area (Å²) in [4.78, 5) is 16.5. The molecule has 0 saturated heterocycles. The highest BCUT2D eigenvalue weighted by Gasteiger charge is 2.21. The van der Waals surface area contributed by atoms with Crippen LogP contribution in [0.15, 0.2) is 33.9 Å². The van der Waals surface area contributed by atoms with Crippen LogP contribution in [0.3, 0.4) is 0 Å². The highest BCUT2D eigenvalue weighted by Crippen LogP contribution is 2.35. The zero-order valence-corrected chi connectivity index (χ0v) is 14.0. The lowest BCUT2D eigenvalue weighted by Gasteiger charge is -2.13. The summed E-state index contributed by atoms with van der Waals surface area (Å²) < 4.78 is 5.91. The molecule has 0 unspecified atom stereocenters. The van der Waals surface area contributed by atoms with Gasteiger partial charge in [0, 0.05) is 11.8 Å². The molecule has 0 bridgehead atoms. The summed E-state index contributed by atoms with van der Waals surface area (Å²) in [6, 6.07) is 4.12. The van der Waals surface area contributed by atoms with Crippen molar-refractivity contribution in [3.63, 3.8) is 0 Å². The number of benzene rings is 1. The highest BCUT2D eigenvalue weighted by molar-refractivity contribution is 7.08. The Balaban J connectivity index is 2.00. The van der Waals surface area contributed by atoms with Gasteiger partial charge in [0.1, 0.15) is 5.75 Å². The number of rotatable bonds is 4. The Morgan fingerprint density at radius 2 is 2.26 bits per heavy atom. The standard InChI is InChI=1S/C19H19NO2S/c1-2-7-22-16-9-12-4-3-5-14(12)17-18(16)20-10-15(19(17)21)13-6-8-23-11-13/h6,8-11H,2-5,7H2,1H3,(H,20,21). The van der Waals surface area contributed by atoms with E-state index in [1.54, 1.807) is 11.3 Å². The predicted molar refractivity (Wildman–Crippen MR) is 95.7 cm³/mol. The molecule has 0 amide bonds. The zero-order chi connectivity index (χ0) is 15.8. The number of thiophene rings is 1. The van der Waals surface area contributed by atoms with Crippen molar-refractivity contribution in [3.05, 3.63) is 50.4 Å². The van der Waals surface area contributed by atoms with Crippen molar-refractivity contribution >= 4 is 22.2 Å². The molecule has 1 aliphatic rings. The van der Waals surface area contributed by atoms with Crippen molar-refractivity contribution in [3.8, 4) is 16.9 Å². The average Bonchev–Trinajstić information content (AvgIpc) is 3.23. The summed E-state index contributed by atoms with van der Waals surface area (Å²) in [5, 5.41) is 4.85. The SMILES string of the molecule is CCCOc1cc2c(c3c(=O)c(-c4ccsc4)c[nH]c13)CCC2. The third kappa shape index (κ3) is 2.38. The van der Waals surface area contributed by atoms with Crippen LogP contribution < -0.4 is 10.2 Å². The van der Waals surface area contributed by atoms with E-state index in [0.29, 0.717) is 6.61 Å². The zero-order valence-electron chi connectivity index (χ0n) is 13.1. The van der Waals surface area contributed by atoms with Gasteiger partial charge in [0.25, 0.3) is 0 Å². The van der Waals surface area contributed by atoms with E-state index in [2.05, 4.69) is 18.0 Å². The second kappa shape index (κ2) is 5.85. The molecule has 2 heterocycles. The Hall–Kier alpha value is -2.07. The van der Waals surface area contributed by atoms with Crippen molar-refractivity contribution in [2.45, 2.75) is 32.6 Å². The fourth-order valence-electron chi connectivity index (χ4n) is 3.41. The first-order valence-corrected chi connectivity index (χ1v) is 9.09. The quantitative estimate of drug-likeness (QED) is 0.765. The first-order valence-electron chi connectivity index (χ1n) is 8.15. The van der Waals surface area contributed by atoms with Crippen LogP contribution in [-0.4, -0.2) is 11.6 Å². The fraction of sp³-hybridized carbons (Fsp3) is 0.316. The van der Waals surface area contributed by atoms with E-state index in [4.69, 9.17) is 4.74 Å². The lowest BCUT2D eigenvalue weighted by Crippen LogP contribution is -2.10. The minimum Gasteiger partial charge on any atom is -0.491 e. The first-order chi connectivity index (χ1) is 11.3. The summed E-state index contributed by atoms with van der Waals surface area (Å²) in [5.41, 5.74) is 5.20. The number of nitrogens with one attached hydrogen (secondary N) is 1. The van der Waals surface area contributed by atoms with E-state index >= 15 is 0 Å². The summed E-state index contributed by atoms with van der Waals surface area (Å²) >= 11 is 1.61. The van der Waals surface area contributed by atoms with Crippen LogP contribution in [0.25, 0.3) is 22.0 Å². The Morgan fingerprint density at radius 3 is 3.04 bits per heavy atom. The third-order valence-corrected chi connectivity index (χ3v) is 5.17. The first kappa shape index (κ1) is 14.5. The van der Waals surface area contributed by atoms with Crippen molar-refractivity contribution in [2.75, 3.05) is 6.61 Å². The Bertz CT molecular complexity index is 909. The minimum absolute atomic E-state index is 0.122. The number of aromatic amines is 1. The molecule has 118 valence electrons. The van der Waals surface area contributed by atoms with Crippen LogP contribution in [-0.2, 0) is 12.8 Å². The third-order valence-electron chi connectivity index (χ3n) is 4.49. The van der Waals surface area contributed by atoms with Crippen molar-refractivity contribution in [1.29, 1.82) is 0 Å². The van der Waals surface area contributed by atoms with Crippen LogP contribution in [0.2, 0.25) is 0 Å². The molecule has 0 atom stereocenters. The lowest BCUT2D eigenvalue weighted by atomic mass is 10.00. The van der Waals surface area contributed by atoms with Crippen LogP contribution in [0.4, 0.5) is 0 Å². The minimum atomic E-state index is 0.122. The van der Waals surface area contributed by atoms with Gasteiger partial charge in [-0.1, -0.05) is 6.92 Å². The molecule has 2 aromatic heterocycles. The van der Waals surface area contributed by atoms with Gasteiger partial charge in [-0.3, -0.25) is 4.79 Å². The van der Waals surface area contributed by atoms with Crippen LogP contribution in [0, 0.1) is 0 Å². The van der Waals surface area contributed by atoms with Crippen LogP contribution >= 0.6 is 11.3 Å². The molecular weight excluding hydrogens is 306 g/mol. The van der Waals surface area contributed by atoms with Gasteiger partial charge in [0.15, 0.2) is 5.43 Å². The van der Waals surface area contributed by atoms with Gasteiger partial charge >= 0.3 is 0 Å². The van der Waals surface area contributed by atoms with Crippen LogP contribution in [0.1, 0.15) is 30.9 Å². The predicted octanol–water partition coefficient (Wildman–Crippen LogP) is 4.53. The molecule has 1 aliphatic carbocycles. The number of hydrogen-bond donors (Lipinski definition) is 1. The van der Waals surface area contributed by atoms with Gasteiger partial charge in [0.05, 0.1) is 17.5 Å². The summed E-state index contributed by atoms with van der Waals surface area (Å²) in [6.45, 7) is 2.76. The molecule has 3 nitrogen and oxygen atoms in total. The second-order valence-electron chi connectivity index (χ2n) is 6.01. The van der Waals surface area contributed by atoms with Crippen molar-refractivity contribution < 1.29 is 4.74 Å². The normalized spacial score (nSPS) is 13.4. The average molecular weight is 325 g/mol. The van der Waals surface area contributed by atoms with Gasteiger partial charge in [-0.05, 0) is 65.3 Å².